The smallest absolute Gasteiger partial charge is 0.189 e. The SMILES string of the molecule is CCOc1ccc(CC(C)[C@]23CCC(=O)C=C2OCO3)cc1. The van der Waals surface area contributed by atoms with Crippen LogP contribution >= 0.6 is 0 Å². The van der Waals surface area contributed by atoms with Crippen molar-refractivity contribution >= 4 is 5.78 Å². The zero-order valence-electron chi connectivity index (χ0n) is 13.1. The van der Waals surface area contributed by atoms with Crippen molar-refractivity contribution in [3.8, 4) is 5.75 Å². The number of hydrogen-bond donors (Lipinski definition) is 0. The molecule has 1 saturated heterocycles. The van der Waals surface area contributed by atoms with Gasteiger partial charge in [-0.05, 0) is 43.4 Å². The second-order valence-electron chi connectivity index (χ2n) is 5.95. The number of benzene rings is 1. The fourth-order valence-electron chi connectivity index (χ4n) is 3.32. The molecule has 1 aliphatic carbocycles. The second-order valence-corrected chi connectivity index (χ2v) is 5.95. The minimum Gasteiger partial charge on any atom is -0.494 e. The molecule has 4 nitrogen and oxygen atoms in total. The van der Waals surface area contributed by atoms with Crippen molar-refractivity contribution in [2.24, 2.45) is 5.92 Å². The summed E-state index contributed by atoms with van der Waals surface area (Å²) in [7, 11) is 0. The van der Waals surface area contributed by atoms with Crippen LogP contribution in [-0.4, -0.2) is 24.8 Å². The van der Waals surface area contributed by atoms with Gasteiger partial charge in [-0.25, -0.2) is 0 Å². The van der Waals surface area contributed by atoms with Crippen LogP contribution in [0.1, 0.15) is 32.3 Å². The van der Waals surface area contributed by atoms with Crippen LogP contribution in [-0.2, 0) is 20.7 Å². The van der Waals surface area contributed by atoms with Crippen LogP contribution in [0.25, 0.3) is 0 Å². The lowest BCUT2D eigenvalue weighted by molar-refractivity contribution is -0.117. The lowest BCUT2D eigenvalue weighted by Crippen LogP contribution is -2.41. The van der Waals surface area contributed by atoms with Gasteiger partial charge in [-0.15, -0.1) is 0 Å². The van der Waals surface area contributed by atoms with E-state index in [0.29, 0.717) is 25.2 Å². The Balaban J connectivity index is 1.74. The number of carbonyl (C=O) groups excluding carboxylic acids is 1. The number of hydrogen-bond acceptors (Lipinski definition) is 4. The first-order chi connectivity index (χ1) is 10.6. The summed E-state index contributed by atoms with van der Waals surface area (Å²) in [6.45, 7) is 5.05. The monoisotopic (exact) mass is 302 g/mol. The van der Waals surface area contributed by atoms with Crippen LogP contribution in [0.15, 0.2) is 36.1 Å². The maximum atomic E-state index is 11.6. The van der Waals surface area contributed by atoms with Gasteiger partial charge in [0.25, 0.3) is 0 Å². The van der Waals surface area contributed by atoms with E-state index >= 15 is 0 Å². The van der Waals surface area contributed by atoms with Gasteiger partial charge in [0.2, 0.25) is 0 Å². The van der Waals surface area contributed by atoms with E-state index in [2.05, 4.69) is 19.1 Å². The Labute approximate surface area is 131 Å². The molecule has 0 amide bonds. The Bertz CT molecular complexity index is 575. The van der Waals surface area contributed by atoms with Crippen LogP contribution < -0.4 is 4.74 Å². The van der Waals surface area contributed by atoms with Gasteiger partial charge in [0, 0.05) is 12.5 Å². The number of allylic oxidation sites excluding steroid dienone is 1. The van der Waals surface area contributed by atoms with Gasteiger partial charge < -0.3 is 14.2 Å². The predicted octanol–water partition coefficient (Wildman–Crippen LogP) is 3.25. The molecule has 4 heteroatoms. The van der Waals surface area contributed by atoms with Crippen molar-refractivity contribution in [3.63, 3.8) is 0 Å². The van der Waals surface area contributed by atoms with Crippen molar-refractivity contribution in [2.75, 3.05) is 13.4 Å². The molecule has 0 spiro atoms. The van der Waals surface area contributed by atoms with Crippen LogP contribution in [0.2, 0.25) is 0 Å². The van der Waals surface area contributed by atoms with E-state index in [1.807, 2.05) is 19.1 Å². The van der Waals surface area contributed by atoms with Crippen LogP contribution in [0.3, 0.4) is 0 Å². The highest BCUT2D eigenvalue weighted by Gasteiger charge is 2.48. The zero-order valence-corrected chi connectivity index (χ0v) is 13.1. The minimum absolute atomic E-state index is 0.129. The fourth-order valence-corrected chi connectivity index (χ4v) is 3.32. The molecule has 22 heavy (non-hydrogen) atoms. The van der Waals surface area contributed by atoms with Gasteiger partial charge in [-0.3, -0.25) is 4.79 Å². The summed E-state index contributed by atoms with van der Waals surface area (Å²) in [5, 5.41) is 0. The van der Waals surface area contributed by atoms with Gasteiger partial charge in [-0.2, -0.15) is 0 Å². The van der Waals surface area contributed by atoms with Gasteiger partial charge in [0.1, 0.15) is 17.1 Å². The third kappa shape index (κ3) is 2.75. The normalized spacial score (nSPS) is 25.2. The molecule has 1 fully saturated rings. The first-order valence-electron chi connectivity index (χ1n) is 7.87. The summed E-state index contributed by atoms with van der Waals surface area (Å²) in [6, 6.07) is 8.17. The lowest BCUT2D eigenvalue weighted by Gasteiger charge is -2.35. The Kier molecular flexibility index (Phi) is 4.21. The molecule has 0 radical (unpaired) electrons. The first kappa shape index (κ1) is 15.1. The Hall–Kier alpha value is -1.81. The second kappa shape index (κ2) is 6.13. The van der Waals surface area contributed by atoms with Crippen molar-refractivity contribution < 1.29 is 19.0 Å². The molecule has 0 aromatic heterocycles. The van der Waals surface area contributed by atoms with Crippen LogP contribution in [0.4, 0.5) is 0 Å². The third-order valence-electron chi connectivity index (χ3n) is 4.56. The summed E-state index contributed by atoms with van der Waals surface area (Å²) in [5.74, 6) is 1.97. The van der Waals surface area contributed by atoms with E-state index in [9.17, 15) is 4.79 Å². The molecule has 0 bridgehead atoms. The third-order valence-corrected chi connectivity index (χ3v) is 4.56. The van der Waals surface area contributed by atoms with Gasteiger partial charge in [0.05, 0.1) is 6.61 Å². The maximum absolute atomic E-state index is 11.6. The highest BCUT2D eigenvalue weighted by Crippen LogP contribution is 2.43. The molecule has 118 valence electrons. The Morgan fingerprint density at radius 2 is 2.09 bits per heavy atom. The predicted molar refractivity (Wildman–Crippen MR) is 82.6 cm³/mol. The first-order valence-corrected chi connectivity index (χ1v) is 7.87. The number of ketones is 1. The highest BCUT2D eigenvalue weighted by atomic mass is 16.7. The van der Waals surface area contributed by atoms with Gasteiger partial charge >= 0.3 is 0 Å². The van der Waals surface area contributed by atoms with E-state index in [0.717, 1.165) is 12.2 Å². The van der Waals surface area contributed by atoms with Crippen LogP contribution in [0.5, 0.6) is 5.75 Å². The molecule has 0 N–H and O–H groups in total. The molecule has 1 aromatic rings. The largest absolute Gasteiger partial charge is 0.494 e. The van der Waals surface area contributed by atoms with Gasteiger partial charge in [-0.1, -0.05) is 19.1 Å². The van der Waals surface area contributed by atoms with Crippen molar-refractivity contribution in [2.45, 2.75) is 38.7 Å². The molecular weight excluding hydrogens is 280 g/mol. The van der Waals surface area contributed by atoms with Crippen molar-refractivity contribution in [3.05, 3.63) is 41.7 Å². The summed E-state index contributed by atoms with van der Waals surface area (Å²) >= 11 is 0. The molecule has 3 rings (SSSR count). The molecule has 1 heterocycles. The maximum Gasteiger partial charge on any atom is 0.189 e. The summed E-state index contributed by atoms with van der Waals surface area (Å²) < 4.78 is 16.9. The highest BCUT2D eigenvalue weighted by molar-refractivity contribution is 5.91. The molecule has 1 aromatic carbocycles. The summed E-state index contributed by atoms with van der Waals surface area (Å²) in [4.78, 5) is 11.6. The van der Waals surface area contributed by atoms with E-state index in [1.165, 1.54) is 5.56 Å². The number of fused-ring (bicyclic) bond motifs is 1. The topological polar surface area (TPSA) is 44.8 Å². The number of carbonyl (C=O) groups is 1. The standard InChI is InChI=1S/C18H22O4/c1-3-20-16-6-4-14(5-7-16)10-13(2)18-9-8-15(19)11-17(18)21-12-22-18/h4-7,11,13H,3,8-10,12H2,1-2H3/t13?,18-/m1/s1. The van der Waals surface area contributed by atoms with Crippen molar-refractivity contribution in [1.82, 2.24) is 0 Å². The van der Waals surface area contributed by atoms with Crippen molar-refractivity contribution in [1.29, 1.82) is 0 Å². The Morgan fingerprint density at radius 1 is 1.32 bits per heavy atom. The van der Waals surface area contributed by atoms with Gasteiger partial charge in [0.15, 0.2) is 12.6 Å². The average molecular weight is 302 g/mol. The molecule has 0 saturated carbocycles. The van der Waals surface area contributed by atoms with Crippen LogP contribution in [0, 0.1) is 5.92 Å². The molecule has 2 aliphatic rings. The lowest BCUT2D eigenvalue weighted by atomic mass is 9.76. The summed E-state index contributed by atoms with van der Waals surface area (Å²) in [5.41, 5.74) is 0.795. The van der Waals surface area contributed by atoms with E-state index in [1.54, 1.807) is 6.08 Å². The number of ether oxygens (including phenoxy) is 3. The molecule has 1 unspecified atom stereocenters. The number of rotatable bonds is 5. The Morgan fingerprint density at radius 3 is 2.82 bits per heavy atom. The average Bonchev–Trinajstić information content (AvgIpc) is 2.94. The molecular formula is C18H22O4. The molecule has 1 aliphatic heterocycles. The minimum atomic E-state index is -0.438. The quantitative estimate of drug-likeness (QED) is 0.837. The summed E-state index contributed by atoms with van der Waals surface area (Å²) in [6.07, 6.45) is 3.73. The van der Waals surface area contributed by atoms with E-state index in [4.69, 9.17) is 14.2 Å². The fraction of sp³-hybridized carbons (Fsp3) is 0.500. The zero-order chi connectivity index (χ0) is 15.6. The molecule has 2 atom stereocenters. The van der Waals surface area contributed by atoms with E-state index < -0.39 is 5.60 Å². The van der Waals surface area contributed by atoms with E-state index in [-0.39, 0.29) is 18.5 Å².